The molecule has 0 bridgehead atoms. The molecule has 2 fully saturated rings. The number of aromatic nitrogens is 2. The molecule has 2 atom stereocenters. The van der Waals surface area contributed by atoms with E-state index in [-0.39, 0.29) is 36.8 Å². The molecule has 2 aliphatic rings. The molecule has 0 aromatic carbocycles. The summed E-state index contributed by atoms with van der Waals surface area (Å²) in [6, 6.07) is 0.0454. The second kappa shape index (κ2) is 7.87. The lowest BCUT2D eigenvalue weighted by Gasteiger charge is -2.22. The van der Waals surface area contributed by atoms with Gasteiger partial charge in [-0.15, -0.1) is 12.4 Å². The third-order valence-corrected chi connectivity index (χ3v) is 4.15. The minimum atomic E-state index is -0.875. The van der Waals surface area contributed by atoms with E-state index in [2.05, 4.69) is 20.8 Å². The third-order valence-electron chi connectivity index (χ3n) is 4.15. The topological polar surface area (TPSA) is 80.1 Å². The van der Waals surface area contributed by atoms with Crippen LogP contribution in [0.25, 0.3) is 0 Å². The van der Waals surface area contributed by atoms with E-state index in [1.807, 2.05) is 0 Å². The van der Waals surface area contributed by atoms with Crippen molar-refractivity contribution in [2.75, 3.05) is 6.54 Å². The van der Waals surface area contributed by atoms with Crippen LogP contribution in [-0.4, -0.2) is 34.8 Å². The van der Waals surface area contributed by atoms with Crippen LogP contribution in [0.15, 0.2) is 4.52 Å². The van der Waals surface area contributed by atoms with Crippen LogP contribution in [0.2, 0.25) is 0 Å². The van der Waals surface area contributed by atoms with Crippen LogP contribution in [0, 0.1) is 0 Å². The van der Waals surface area contributed by atoms with E-state index in [1.165, 1.54) is 19.3 Å². The number of carbonyl (C=O) groups is 1. The highest BCUT2D eigenvalue weighted by atomic mass is 35.5. The fourth-order valence-electron chi connectivity index (χ4n) is 3.03. The third kappa shape index (κ3) is 4.39. The molecule has 2 N–H and O–H groups in total. The monoisotopic (exact) mass is 332 g/mol. The van der Waals surface area contributed by atoms with Gasteiger partial charge in [0.25, 0.3) is 0 Å². The van der Waals surface area contributed by atoms with Gasteiger partial charge in [-0.3, -0.25) is 4.79 Å². The maximum Gasteiger partial charge on any atom is 0.243 e. The van der Waals surface area contributed by atoms with Crippen LogP contribution in [0.5, 0.6) is 0 Å². The highest BCUT2D eigenvalue weighted by Crippen LogP contribution is 2.23. The Bertz CT molecular complexity index is 493. The summed E-state index contributed by atoms with van der Waals surface area (Å²) < 4.78 is 18.2. The van der Waals surface area contributed by atoms with E-state index in [1.54, 1.807) is 0 Å². The highest BCUT2D eigenvalue weighted by molar-refractivity contribution is 5.85. The summed E-state index contributed by atoms with van der Waals surface area (Å²) in [6.45, 7) is 0.310. The lowest BCUT2D eigenvalue weighted by molar-refractivity contribution is -0.121. The summed E-state index contributed by atoms with van der Waals surface area (Å²) in [5.74, 6) is 0.662. The zero-order valence-corrected chi connectivity index (χ0v) is 13.2. The molecule has 6 nitrogen and oxygen atoms in total. The molecule has 0 radical (unpaired) electrons. The smallest absolute Gasteiger partial charge is 0.243 e. The quantitative estimate of drug-likeness (QED) is 0.879. The number of rotatable bonds is 4. The van der Waals surface area contributed by atoms with Crippen molar-refractivity contribution in [1.82, 2.24) is 20.8 Å². The molecule has 1 aliphatic carbocycles. The zero-order chi connectivity index (χ0) is 14.7. The second-order valence-corrected chi connectivity index (χ2v) is 5.92. The Labute approximate surface area is 135 Å². The van der Waals surface area contributed by atoms with E-state index in [0.29, 0.717) is 24.7 Å². The first-order chi connectivity index (χ1) is 10.2. The molecule has 1 saturated carbocycles. The van der Waals surface area contributed by atoms with Gasteiger partial charge in [0.1, 0.15) is 6.17 Å². The van der Waals surface area contributed by atoms with Crippen molar-refractivity contribution in [3.63, 3.8) is 0 Å². The summed E-state index contributed by atoms with van der Waals surface area (Å²) in [5.41, 5.74) is 0. The fraction of sp³-hybridized carbons (Fsp3) is 0.786. The van der Waals surface area contributed by atoms with Crippen molar-refractivity contribution >= 4 is 18.3 Å². The predicted molar refractivity (Wildman–Crippen MR) is 80.5 cm³/mol. The average molecular weight is 333 g/mol. The molecule has 0 unspecified atom stereocenters. The minimum absolute atomic E-state index is 0. The number of alkyl halides is 1. The van der Waals surface area contributed by atoms with E-state index >= 15 is 0 Å². The Balaban J connectivity index is 0.00000176. The zero-order valence-electron chi connectivity index (χ0n) is 12.4. The molecule has 2 heterocycles. The van der Waals surface area contributed by atoms with E-state index in [9.17, 15) is 9.18 Å². The summed E-state index contributed by atoms with van der Waals surface area (Å²) in [7, 11) is 0. The first-order valence-electron chi connectivity index (χ1n) is 7.70. The van der Waals surface area contributed by atoms with Gasteiger partial charge in [-0.1, -0.05) is 24.4 Å². The standard InChI is InChI=1S/C14H21FN4O2.ClH/c15-9-6-11(16-8-9)14-18-12(19-21-14)7-13(20)17-10-4-2-1-3-5-10;/h9-11,16H,1-8H2,(H,17,20);1H/t9-,11+;/m0./s1. The molecular formula is C14H22ClFN4O2. The van der Waals surface area contributed by atoms with Crippen LogP contribution in [0.1, 0.15) is 56.3 Å². The van der Waals surface area contributed by atoms with Crippen molar-refractivity contribution in [2.45, 2.75) is 63.2 Å². The minimum Gasteiger partial charge on any atom is -0.353 e. The van der Waals surface area contributed by atoms with E-state index in [0.717, 1.165) is 12.8 Å². The highest BCUT2D eigenvalue weighted by Gasteiger charge is 2.29. The number of nitrogens with zero attached hydrogens (tertiary/aromatic N) is 2. The Morgan fingerprint density at radius 2 is 2.14 bits per heavy atom. The van der Waals surface area contributed by atoms with Gasteiger partial charge < -0.3 is 15.2 Å². The Morgan fingerprint density at radius 1 is 1.36 bits per heavy atom. The molecule has 1 saturated heterocycles. The molecule has 1 aromatic rings. The molecule has 0 spiro atoms. The number of carbonyl (C=O) groups excluding carboxylic acids is 1. The summed E-state index contributed by atoms with van der Waals surface area (Å²) >= 11 is 0. The van der Waals surface area contributed by atoms with Crippen molar-refractivity contribution in [3.8, 4) is 0 Å². The maximum absolute atomic E-state index is 13.1. The van der Waals surface area contributed by atoms with Crippen LogP contribution < -0.4 is 10.6 Å². The summed E-state index contributed by atoms with van der Waals surface area (Å²) in [5, 5.41) is 9.81. The lowest BCUT2D eigenvalue weighted by Crippen LogP contribution is -2.37. The molecule has 3 rings (SSSR count). The van der Waals surface area contributed by atoms with Gasteiger partial charge in [-0.05, 0) is 12.8 Å². The SMILES string of the molecule is Cl.O=C(Cc1noc([C@H]2C[C@H](F)CN2)n1)NC1CCCCC1. The van der Waals surface area contributed by atoms with Gasteiger partial charge in [0.2, 0.25) is 11.8 Å². The fourth-order valence-corrected chi connectivity index (χ4v) is 3.03. The normalized spacial score (nSPS) is 25.7. The Kier molecular flexibility index (Phi) is 6.14. The Morgan fingerprint density at radius 3 is 2.82 bits per heavy atom. The van der Waals surface area contributed by atoms with Gasteiger partial charge in [-0.2, -0.15) is 4.98 Å². The van der Waals surface area contributed by atoms with Crippen molar-refractivity contribution in [3.05, 3.63) is 11.7 Å². The molecule has 22 heavy (non-hydrogen) atoms. The number of hydrogen-bond acceptors (Lipinski definition) is 5. The van der Waals surface area contributed by atoms with Crippen molar-refractivity contribution in [1.29, 1.82) is 0 Å². The maximum atomic E-state index is 13.1. The first-order valence-corrected chi connectivity index (χ1v) is 7.70. The molecule has 1 aromatic heterocycles. The number of hydrogen-bond donors (Lipinski definition) is 2. The summed E-state index contributed by atoms with van der Waals surface area (Å²) in [4.78, 5) is 16.1. The van der Waals surface area contributed by atoms with E-state index < -0.39 is 6.17 Å². The van der Waals surface area contributed by atoms with Gasteiger partial charge in [0.15, 0.2) is 5.82 Å². The van der Waals surface area contributed by atoms with Gasteiger partial charge in [-0.25, -0.2) is 4.39 Å². The van der Waals surface area contributed by atoms with Gasteiger partial charge in [0.05, 0.1) is 12.5 Å². The Hall–Kier alpha value is -1.21. The average Bonchev–Trinajstić information content (AvgIpc) is 3.09. The predicted octanol–water partition coefficient (Wildman–Crippen LogP) is 1.86. The largest absolute Gasteiger partial charge is 0.353 e. The van der Waals surface area contributed by atoms with Crippen molar-refractivity contribution < 1.29 is 13.7 Å². The second-order valence-electron chi connectivity index (χ2n) is 5.92. The van der Waals surface area contributed by atoms with Crippen LogP contribution in [0.4, 0.5) is 4.39 Å². The first kappa shape index (κ1) is 17.1. The molecular weight excluding hydrogens is 311 g/mol. The number of nitrogens with one attached hydrogen (secondary N) is 2. The van der Waals surface area contributed by atoms with Gasteiger partial charge >= 0.3 is 0 Å². The van der Waals surface area contributed by atoms with Crippen LogP contribution in [-0.2, 0) is 11.2 Å². The summed E-state index contributed by atoms with van der Waals surface area (Å²) in [6.07, 6.45) is 5.29. The molecule has 1 aliphatic heterocycles. The number of halogens is 2. The van der Waals surface area contributed by atoms with Crippen LogP contribution >= 0.6 is 12.4 Å². The van der Waals surface area contributed by atoms with E-state index in [4.69, 9.17) is 4.52 Å². The lowest BCUT2D eigenvalue weighted by atomic mass is 9.95. The van der Waals surface area contributed by atoms with Crippen molar-refractivity contribution in [2.24, 2.45) is 0 Å². The molecule has 124 valence electrons. The molecule has 1 amide bonds. The number of amides is 1. The molecule has 8 heteroatoms. The van der Waals surface area contributed by atoms with Gasteiger partial charge in [0, 0.05) is 19.0 Å². The van der Waals surface area contributed by atoms with Crippen LogP contribution in [0.3, 0.4) is 0 Å².